The number of amides is 2. The normalized spacial score (nSPS) is 10.3. The zero-order valence-electron chi connectivity index (χ0n) is 16.9. The van der Waals surface area contributed by atoms with Crippen LogP contribution in [0.1, 0.15) is 31.2 Å². The molecule has 2 aromatic carbocycles. The Morgan fingerprint density at radius 1 is 0.839 bits per heavy atom. The highest BCUT2D eigenvalue weighted by molar-refractivity contribution is 6.35. The molecule has 0 spiro atoms. The van der Waals surface area contributed by atoms with Crippen LogP contribution in [-0.2, 0) is 25.5 Å². The van der Waals surface area contributed by atoms with Gasteiger partial charge in [-0.1, -0.05) is 53.5 Å². The number of carbonyl (C=O) groups is 3. The average Bonchev–Trinajstić information content (AvgIpc) is 2.75. The summed E-state index contributed by atoms with van der Waals surface area (Å²) < 4.78 is 10.6. The van der Waals surface area contributed by atoms with Crippen LogP contribution >= 0.6 is 23.2 Å². The average molecular weight is 467 g/mol. The van der Waals surface area contributed by atoms with E-state index in [0.29, 0.717) is 28.6 Å². The van der Waals surface area contributed by atoms with Gasteiger partial charge in [0.15, 0.2) is 0 Å². The zero-order chi connectivity index (χ0) is 22.5. The van der Waals surface area contributed by atoms with Gasteiger partial charge in [0, 0.05) is 24.3 Å². The highest BCUT2D eigenvalue weighted by atomic mass is 35.5. The summed E-state index contributed by atoms with van der Waals surface area (Å²) >= 11 is 11.8. The molecule has 2 aromatic rings. The Bertz CT molecular complexity index is 877. The van der Waals surface area contributed by atoms with E-state index in [2.05, 4.69) is 10.9 Å². The van der Waals surface area contributed by atoms with Gasteiger partial charge in [-0.25, -0.2) is 0 Å². The predicted molar refractivity (Wildman–Crippen MR) is 118 cm³/mol. The molecule has 2 N–H and O–H groups in total. The first kappa shape index (κ1) is 24.5. The number of ether oxygens (including phenoxy) is 2. The SMILES string of the molecule is O=C(CCCOc1ccc(Cl)cc1Cl)NNC(=O)CCC(=O)OCCc1ccccc1. The van der Waals surface area contributed by atoms with Crippen molar-refractivity contribution in [3.8, 4) is 5.75 Å². The summed E-state index contributed by atoms with van der Waals surface area (Å²) in [7, 11) is 0. The Kier molecular flexibility index (Phi) is 10.7. The van der Waals surface area contributed by atoms with Crippen LogP contribution in [0.2, 0.25) is 10.0 Å². The lowest BCUT2D eigenvalue weighted by molar-refractivity contribution is -0.145. The molecule has 0 fully saturated rings. The minimum atomic E-state index is -0.474. The molecule has 31 heavy (non-hydrogen) atoms. The number of nitrogens with one attached hydrogen (secondary N) is 2. The van der Waals surface area contributed by atoms with Crippen LogP contribution in [0.5, 0.6) is 5.75 Å². The van der Waals surface area contributed by atoms with Gasteiger partial charge in [-0.2, -0.15) is 0 Å². The molecule has 166 valence electrons. The monoisotopic (exact) mass is 466 g/mol. The predicted octanol–water partition coefficient (Wildman–Crippen LogP) is 3.87. The van der Waals surface area contributed by atoms with E-state index in [0.717, 1.165) is 5.56 Å². The van der Waals surface area contributed by atoms with Crippen LogP contribution in [0.4, 0.5) is 0 Å². The molecule has 0 aliphatic heterocycles. The Balaban J connectivity index is 1.51. The van der Waals surface area contributed by atoms with Crippen molar-refractivity contribution in [2.24, 2.45) is 0 Å². The van der Waals surface area contributed by atoms with Gasteiger partial charge in [0.2, 0.25) is 11.8 Å². The summed E-state index contributed by atoms with van der Waals surface area (Å²) in [6.45, 7) is 0.530. The Hall–Kier alpha value is -2.77. The van der Waals surface area contributed by atoms with E-state index in [1.54, 1.807) is 18.2 Å². The van der Waals surface area contributed by atoms with Gasteiger partial charge >= 0.3 is 5.97 Å². The van der Waals surface area contributed by atoms with Gasteiger partial charge in [-0.05, 0) is 30.2 Å². The molecule has 2 rings (SSSR count). The second-order valence-corrected chi connectivity index (χ2v) is 7.42. The van der Waals surface area contributed by atoms with Crippen molar-refractivity contribution in [1.82, 2.24) is 10.9 Å². The van der Waals surface area contributed by atoms with Gasteiger partial charge in [0.05, 0.1) is 24.7 Å². The van der Waals surface area contributed by atoms with E-state index < -0.39 is 11.9 Å². The number of rotatable bonds is 11. The first-order valence-corrected chi connectivity index (χ1v) is 10.5. The molecule has 0 aromatic heterocycles. The van der Waals surface area contributed by atoms with Crippen LogP contribution in [0.25, 0.3) is 0 Å². The Morgan fingerprint density at radius 2 is 1.55 bits per heavy atom. The summed E-state index contributed by atoms with van der Waals surface area (Å²) in [5.74, 6) is -0.826. The third kappa shape index (κ3) is 10.2. The molecule has 0 unspecified atom stereocenters. The zero-order valence-corrected chi connectivity index (χ0v) is 18.4. The summed E-state index contributed by atoms with van der Waals surface area (Å²) in [6, 6.07) is 14.5. The van der Waals surface area contributed by atoms with E-state index >= 15 is 0 Å². The largest absolute Gasteiger partial charge is 0.492 e. The van der Waals surface area contributed by atoms with E-state index in [9.17, 15) is 14.4 Å². The topological polar surface area (TPSA) is 93.7 Å². The molecule has 0 radical (unpaired) electrons. The molecule has 0 saturated carbocycles. The maximum absolute atomic E-state index is 11.8. The standard InChI is InChI=1S/C22H24Cl2N2O5/c23-17-8-9-19(18(24)15-17)30-13-4-7-20(27)25-26-21(28)10-11-22(29)31-14-12-16-5-2-1-3-6-16/h1-3,5-6,8-9,15H,4,7,10-14H2,(H,25,27)(H,26,28). The minimum Gasteiger partial charge on any atom is -0.492 e. The molecule has 9 heteroatoms. The molecule has 2 amide bonds. The lowest BCUT2D eigenvalue weighted by Crippen LogP contribution is -2.41. The molecular formula is C22H24Cl2N2O5. The second-order valence-electron chi connectivity index (χ2n) is 6.58. The number of benzene rings is 2. The van der Waals surface area contributed by atoms with Crippen LogP contribution < -0.4 is 15.6 Å². The van der Waals surface area contributed by atoms with Crippen LogP contribution in [0, 0.1) is 0 Å². The summed E-state index contributed by atoms with van der Waals surface area (Å²) in [4.78, 5) is 35.2. The van der Waals surface area contributed by atoms with Crippen LogP contribution in [0.3, 0.4) is 0 Å². The highest BCUT2D eigenvalue weighted by Crippen LogP contribution is 2.27. The third-order valence-corrected chi connectivity index (χ3v) is 4.62. The van der Waals surface area contributed by atoms with Gasteiger partial charge < -0.3 is 9.47 Å². The Morgan fingerprint density at radius 3 is 2.26 bits per heavy atom. The molecule has 0 aliphatic carbocycles. The van der Waals surface area contributed by atoms with Crippen molar-refractivity contribution in [2.45, 2.75) is 32.1 Å². The smallest absolute Gasteiger partial charge is 0.306 e. The van der Waals surface area contributed by atoms with Gasteiger partial charge in [-0.3, -0.25) is 25.2 Å². The van der Waals surface area contributed by atoms with E-state index in [1.165, 1.54) is 0 Å². The quantitative estimate of drug-likeness (QED) is 0.297. The fourth-order valence-corrected chi connectivity index (χ4v) is 2.95. The third-order valence-electron chi connectivity index (χ3n) is 4.09. The van der Waals surface area contributed by atoms with Crippen molar-refractivity contribution in [3.05, 3.63) is 64.1 Å². The van der Waals surface area contributed by atoms with Crippen molar-refractivity contribution in [2.75, 3.05) is 13.2 Å². The highest BCUT2D eigenvalue weighted by Gasteiger charge is 2.10. The molecule has 0 saturated heterocycles. The van der Waals surface area contributed by atoms with Crippen molar-refractivity contribution in [1.29, 1.82) is 0 Å². The lowest BCUT2D eigenvalue weighted by atomic mass is 10.2. The fourth-order valence-electron chi connectivity index (χ4n) is 2.49. The molecular weight excluding hydrogens is 443 g/mol. The van der Waals surface area contributed by atoms with Gasteiger partial charge in [0.1, 0.15) is 5.75 Å². The van der Waals surface area contributed by atoms with Crippen molar-refractivity contribution < 1.29 is 23.9 Å². The number of carbonyl (C=O) groups excluding carboxylic acids is 3. The van der Waals surface area contributed by atoms with Crippen LogP contribution in [-0.4, -0.2) is 31.0 Å². The number of esters is 1. The maximum atomic E-state index is 11.8. The van der Waals surface area contributed by atoms with Crippen molar-refractivity contribution >= 4 is 41.0 Å². The number of hydrogen-bond donors (Lipinski definition) is 2. The molecule has 0 heterocycles. The number of halogens is 2. The molecule has 0 aliphatic rings. The summed E-state index contributed by atoms with van der Waals surface area (Å²) in [6.07, 6.45) is 1.04. The van der Waals surface area contributed by atoms with Crippen LogP contribution in [0.15, 0.2) is 48.5 Å². The van der Waals surface area contributed by atoms with E-state index in [-0.39, 0.29) is 38.4 Å². The summed E-state index contributed by atoms with van der Waals surface area (Å²) in [5.41, 5.74) is 5.64. The number of hydrogen-bond acceptors (Lipinski definition) is 5. The second kappa shape index (κ2) is 13.5. The van der Waals surface area contributed by atoms with E-state index in [4.69, 9.17) is 32.7 Å². The molecule has 0 bridgehead atoms. The minimum absolute atomic E-state index is 0.0633. The van der Waals surface area contributed by atoms with Gasteiger partial charge in [-0.15, -0.1) is 0 Å². The Labute approximate surface area is 191 Å². The molecule has 7 nitrogen and oxygen atoms in total. The van der Waals surface area contributed by atoms with Crippen molar-refractivity contribution in [3.63, 3.8) is 0 Å². The fraction of sp³-hybridized carbons (Fsp3) is 0.318. The first-order chi connectivity index (χ1) is 14.9. The lowest BCUT2D eigenvalue weighted by Gasteiger charge is -2.09. The van der Waals surface area contributed by atoms with E-state index in [1.807, 2.05) is 30.3 Å². The number of hydrazine groups is 1. The maximum Gasteiger partial charge on any atom is 0.306 e. The summed E-state index contributed by atoms with van der Waals surface area (Å²) in [5, 5.41) is 0.899. The molecule has 0 atom stereocenters. The van der Waals surface area contributed by atoms with Gasteiger partial charge in [0.25, 0.3) is 0 Å². The first-order valence-electron chi connectivity index (χ1n) is 9.79.